The van der Waals surface area contributed by atoms with Crippen LogP contribution in [0, 0.1) is 0 Å². The van der Waals surface area contributed by atoms with Gasteiger partial charge in [0.25, 0.3) is 0 Å². The molecule has 1 aliphatic rings. The molecule has 21 heavy (non-hydrogen) atoms. The van der Waals surface area contributed by atoms with Crippen LogP contribution in [0.4, 0.5) is 0 Å². The number of ether oxygens (including phenoxy) is 2. The fourth-order valence-electron chi connectivity index (χ4n) is 2.78. The van der Waals surface area contributed by atoms with Crippen molar-refractivity contribution in [3.8, 4) is 5.75 Å². The molecule has 2 heterocycles. The van der Waals surface area contributed by atoms with Gasteiger partial charge >= 0.3 is 0 Å². The van der Waals surface area contributed by atoms with Crippen LogP contribution >= 0.6 is 0 Å². The van der Waals surface area contributed by atoms with E-state index < -0.39 is 0 Å². The summed E-state index contributed by atoms with van der Waals surface area (Å²) in [4.78, 5) is 4.04. The average molecular weight is 288 g/mol. The molecule has 0 saturated carbocycles. The fourth-order valence-corrected chi connectivity index (χ4v) is 2.78. The van der Waals surface area contributed by atoms with E-state index in [-0.39, 0.29) is 18.1 Å². The highest BCUT2D eigenvalue weighted by molar-refractivity contribution is 5.22. The van der Waals surface area contributed by atoms with Crippen LogP contribution in [0.15, 0.2) is 47.3 Å². The second kappa shape index (κ2) is 6.74. The lowest BCUT2D eigenvalue weighted by atomic mass is 9.90. The van der Waals surface area contributed by atoms with E-state index >= 15 is 0 Å². The molecule has 3 atom stereocenters. The molecule has 5 heteroatoms. The quantitative estimate of drug-likeness (QED) is 0.914. The first kappa shape index (κ1) is 14.1. The maximum atomic E-state index is 6.14. The van der Waals surface area contributed by atoms with Crippen molar-refractivity contribution in [2.75, 3.05) is 19.7 Å². The van der Waals surface area contributed by atoms with Gasteiger partial charge in [0, 0.05) is 19.7 Å². The minimum absolute atomic E-state index is 0.0189. The lowest BCUT2D eigenvalue weighted by molar-refractivity contribution is -0.0182. The second-order valence-electron chi connectivity index (χ2n) is 5.05. The van der Waals surface area contributed by atoms with E-state index in [0.29, 0.717) is 6.61 Å². The molecule has 2 aromatic rings. The molecule has 3 rings (SSSR count). The zero-order chi connectivity index (χ0) is 14.5. The van der Waals surface area contributed by atoms with E-state index in [1.165, 1.54) is 6.39 Å². The Bertz CT molecular complexity index is 528. The van der Waals surface area contributed by atoms with Crippen LogP contribution in [0.25, 0.3) is 0 Å². The maximum absolute atomic E-state index is 6.14. The second-order valence-corrected chi connectivity index (χ2v) is 5.05. The molecule has 1 aromatic heterocycles. The number of aromatic nitrogens is 1. The maximum Gasteiger partial charge on any atom is 0.180 e. The highest BCUT2D eigenvalue weighted by Crippen LogP contribution is 2.30. The summed E-state index contributed by atoms with van der Waals surface area (Å²) in [5.74, 6) is 1.70. The van der Waals surface area contributed by atoms with Crippen LogP contribution < -0.4 is 10.1 Å². The summed E-state index contributed by atoms with van der Waals surface area (Å²) in [6.45, 7) is 4.20. The molecule has 1 aromatic carbocycles. The van der Waals surface area contributed by atoms with Crippen LogP contribution in [0.3, 0.4) is 0 Å². The van der Waals surface area contributed by atoms with Gasteiger partial charge < -0.3 is 19.2 Å². The molecule has 5 nitrogen and oxygen atoms in total. The van der Waals surface area contributed by atoms with Gasteiger partial charge in [-0.3, -0.25) is 0 Å². The fraction of sp³-hybridized carbons (Fsp3) is 0.438. The van der Waals surface area contributed by atoms with Crippen LogP contribution in [0.2, 0.25) is 0 Å². The van der Waals surface area contributed by atoms with E-state index in [1.54, 1.807) is 6.20 Å². The first-order chi connectivity index (χ1) is 10.4. The number of nitrogens with zero attached hydrogens (tertiary/aromatic N) is 1. The first-order valence-corrected chi connectivity index (χ1v) is 7.31. The van der Waals surface area contributed by atoms with Gasteiger partial charge in [0.05, 0.1) is 18.2 Å². The predicted molar refractivity (Wildman–Crippen MR) is 78.4 cm³/mol. The van der Waals surface area contributed by atoms with Crippen molar-refractivity contribution < 1.29 is 13.9 Å². The summed E-state index contributed by atoms with van der Waals surface area (Å²) < 4.78 is 17.5. The van der Waals surface area contributed by atoms with E-state index in [1.807, 2.05) is 37.3 Å². The standard InChI is InChI=1S/C16H20N2O3/c1-2-19-13-8-17-10-15(16(13)14-9-18-11-20-14)21-12-6-4-3-5-7-12/h3-7,9,11,13,15-17H,2,8,10H2,1H3/t13-,15+,16+/m1/s1. The number of nitrogens with one attached hydrogen (secondary N) is 1. The van der Waals surface area contributed by atoms with E-state index in [4.69, 9.17) is 13.9 Å². The number of rotatable bonds is 5. The highest BCUT2D eigenvalue weighted by Gasteiger charge is 2.38. The summed E-state index contributed by atoms with van der Waals surface area (Å²) in [6.07, 6.45) is 3.18. The molecular formula is C16H20N2O3. The van der Waals surface area contributed by atoms with E-state index in [0.717, 1.165) is 24.6 Å². The molecule has 0 spiro atoms. The van der Waals surface area contributed by atoms with Crippen molar-refractivity contribution in [1.29, 1.82) is 0 Å². The molecule has 0 bridgehead atoms. The Hall–Kier alpha value is -1.85. The van der Waals surface area contributed by atoms with Crippen molar-refractivity contribution in [3.05, 3.63) is 48.7 Å². The molecule has 0 radical (unpaired) electrons. The highest BCUT2D eigenvalue weighted by atomic mass is 16.5. The minimum atomic E-state index is -0.0503. The van der Waals surface area contributed by atoms with Crippen molar-refractivity contribution in [2.24, 2.45) is 0 Å². The number of piperidine rings is 1. The van der Waals surface area contributed by atoms with Crippen molar-refractivity contribution in [2.45, 2.75) is 25.0 Å². The van der Waals surface area contributed by atoms with Gasteiger partial charge in [-0.25, -0.2) is 4.98 Å². The summed E-state index contributed by atoms with van der Waals surface area (Å²) >= 11 is 0. The number of oxazole rings is 1. The molecule has 0 unspecified atom stereocenters. The Morgan fingerprint density at radius 1 is 1.24 bits per heavy atom. The van der Waals surface area contributed by atoms with Gasteiger partial charge in [0.1, 0.15) is 17.6 Å². The Morgan fingerprint density at radius 2 is 2.05 bits per heavy atom. The van der Waals surface area contributed by atoms with Crippen molar-refractivity contribution in [3.63, 3.8) is 0 Å². The molecule has 1 N–H and O–H groups in total. The first-order valence-electron chi connectivity index (χ1n) is 7.31. The van der Waals surface area contributed by atoms with Gasteiger partial charge in [-0.15, -0.1) is 0 Å². The molecule has 1 aliphatic heterocycles. The molecular weight excluding hydrogens is 268 g/mol. The zero-order valence-electron chi connectivity index (χ0n) is 12.1. The van der Waals surface area contributed by atoms with Gasteiger partial charge in [-0.05, 0) is 19.1 Å². The third-order valence-electron chi connectivity index (χ3n) is 3.68. The summed E-state index contributed by atoms with van der Waals surface area (Å²) in [7, 11) is 0. The lowest BCUT2D eigenvalue weighted by Crippen LogP contribution is -2.51. The smallest absolute Gasteiger partial charge is 0.180 e. The van der Waals surface area contributed by atoms with Gasteiger partial charge in [-0.1, -0.05) is 18.2 Å². The zero-order valence-corrected chi connectivity index (χ0v) is 12.1. The largest absolute Gasteiger partial charge is 0.488 e. The molecule has 1 saturated heterocycles. The Morgan fingerprint density at radius 3 is 2.76 bits per heavy atom. The summed E-state index contributed by atoms with van der Waals surface area (Å²) in [5, 5.41) is 3.37. The number of benzene rings is 1. The van der Waals surface area contributed by atoms with Crippen molar-refractivity contribution >= 4 is 0 Å². The third-order valence-corrected chi connectivity index (χ3v) is 3.68. The number of hydrogen-bond donors (Lipinski definition) is 1. The Labute approximate surface area is 124 Å². The summed E-state index contributed by atoms with van der Waals surface area (Å²) in [6, 6.07) is 9.83. The number of hydrogen-bond acceptors (Lipinski definition) is 5. The predicted octanol–water partition coefficient (Wildman–Crippen LogP) is 2.21. The molecule has 0 aliphatic carbocycles. The lowest BCUT2D eigenvalue weighted by Gasteiger charge is -2.37. The topological polar surface area (TPSA) is 56.5 Å². The van der Waals surface area contributed by atoms with Crippen molar-refractivity contribution in [1.82, 2.24) is 10.3 Å². The van der Waals surface area contributed by atoms with Crippen LogP contribution in [-0.2, 0) is 4.74 Å². The monoisotopic (exact) mass is 288 g/mol. The average Bonchev–Trinajstić information content (AvgIpc) is 3.03. The van der Waals surface area contributed by atoms with E-state index in [2.05, 4.69) is 10.3 Å². The minimum Gasteiger partial charge on any atom is -0.488 e. The summed E-state index contributed by atoms with van der Waals surface area (Å²) in [5.41, 5.74) is 0. The van der Waals surface area contributed by atoms with Crippen LogP contribution in [0.1, 0.15) is 18.6 Å². The SMILES string of the molecule is CCO[C@@H]1CNC[C@H](Oc2ccccc2)[C@@H]1c1cnco1. The van der Waals surface area contributed by atoms with Gasteiger partial charge in [-0.2, -0.15) is 0 Å². The van der Waals surface area contributed by atoms with Crippen LogP contribution in [0.5, 0.6) is 5.75 Å². The Kier molecular flexibility index (Phi) is 4.52. The molecule has 0 amide bonds. The van der Waals surface area contributed by atoms with Crippen LogP contribution in [-0.4, -0.2) is 36.9 Å². The Balaban J connectivity index is 1.82. The van der Waals surface area contributed by atoms with E-state index in [9.17, 15) is 0 Å². The number of para-hydroxylation sites is 1. The van der Waals surface area contributed by atoms with Gasteiger partial charge in [0.15, 0.2) is 6.39 Å². The molecule has 1 fully saturated rings. The normalized spacial score (nSPS) is 25.7. The molecule has 112 valence electrons. The third kappa shape index (κ3) is 3.25. The van der Waals surface area contributed by atoms with Gasteiger partial charge in [0.2, 0.25) is 0 Å².